The first-order valence-electron chi connectivity index (χ1n) is 5.93. The third-order valence-corrected chi connectivity index (χ3v) is 3.79. The van der Waals surface area contributed by atoms with Crippen LogP contribution in [0.3, 0.4) is 0 Å². The Kier molecular flexibility index (Phi) is 3.70. The average Bonchev–Trinajstić information content (AvgIpc) is 2.71. The van der Waals surface area contributed by atoms with Crippen LogP contribution in [0.5, 0.6) is 0 Å². The minimum atomic E-state index is -0.255. The maximum absolute atomic E-state index is 13.6. The quantitative estimate of drug-likeness (QED) is 0.823. The van der Waals surface area contributed by atoms with Gasteiger partial charge in [-0.1, -0.05) is 37.4 Å². The number of anilines is 1. The van der Waals surface area contributed by atoms with E-state index in [4.69, 9.17) is 11.6 Å². The van der Waals surface area contributed by atoms with Gasteiger partial charge in [-0.25, -0.2) is 4.39 Å². The van der Waals surface area contributed by atoms with Gasteiger partial charge < -0.3 is 5.32 Å². The van der Waals surface area contributed by atoms with Gasteiger partial charge in [0.15, 0.2) is 0 Å². The van der Waals surface area contributed by atoms with Crippen LogP contribution >= 0.6 is 11.6 Å². The van der Waals surface area contributed by atoms with E-state index in [0.29, 0.717) is 22.7 Å². The molecule has 1 aromatic carbocycles. The predicted octanol–water partition coefficient (Wildman–Crippen LogP) is 4.47. The molecule has 0 saturated heterocycles. The van der Waals surface area contributed by atoms with Crippen LogP contribution in [0.25, 0.3) is 0 Å². The van der Waals surface area contributed by atoms with E-state index in [1.807, 2.05) is 0 Å². The summed E-state index contributed by atoms with van der Waals surface area (Å²) in [5, 5.41) is 3.75. The van der Waals surface area contributed by atoms with Gasteiger partial charge in [0.1, 0.15) is 5.82 Å². The maximum Gasteiger partial charge on any atom is 0.147 e. The zero-order valence-corrected chi connectivity index (χ0v) is 10.2. The van der Waals surface area contributed by atoms with Gasteiger partial charge in [0, 0.05) is 6.04 Å². The first-order valence-corrected chi connectivity index (χ1v) is 6.30. The molecule has 1 N–H and O–H groups in total. The van der Waals surface area contributed by atoms with Crippen LogP contribution in [-0.2, 0) is 0 Å². The highest BCUT2D eigenvalue weighted by Gasteiger charge is 2.26. The molecule has 1 fully saturated rings. The van der Waals surface area contributed by atoms with Crippen molar-refractivity contribution in [3.8, 4) is 0 Å². The molecule has 0 aromatic heterocycles. The molecule has 0 heterocycles. The lowest BCUT2D eigenvalue weighted by atomic mass is 10.0. The highest BCUT2D eigenvalue weighted by molar-refractivity contribution is 6.33. The Balaban J connectivity index is 2.14. The average molecular weight is 242 g/mol. The second-order valence-electron chi connectivity index (χ2n) is 4.45. The number of hydrogen-bond donors (Lipinski definition) is 1. The fourth-order valence-corrected chi connectivity index (χ4v) is 2.75. The van der Waals surface area contributed by atoms with Gasteiger partial charge in [0.05, 0.1) is 10.7 Å². The number of halogens is 2. The lowest BCUT2D eigenvalue weighted by molar-refractivity contribution is 0.486. The van der Waals surface area contributed by atoms with Gasteiger partial charge in [-0.3, -0.25) is 0 Å². The fraction of sp³-hybridized carbons (Fsp3) is 0.538. The zero-order valence-electron chi connectivity index (χ0n) is 9.47. The first kappa shape index (κ1) is 11.7. The molecular weight excluding hydrogens is 225 g/mol. The van der Waals surface area contributed by atoms with E-state index in [1.165, 1.54) is 18.9 Å². The van der Waals surface area contributed by atoms with E-state index in [2.05, 4.69) is 12.2 Å². The molecule has 1 aromatic rings. The van der Waals surface area contributed by atoms with Crippen molar-refractivity contribution in [3.05, 3.63) is 29.0 Å². The normalized spacial score (nSPS) is 24.7. The molecule has 1 aliphatic rings. The lowest BCUT2D eigenvalue weighted by Gasteiger charge is -2.21. The third kappa shape index (κ3) is 2.32. The first-order chi connectivity index (χ1) is 7.72. The number of rotatable bonds is 3. The summed E-state index contributed by atoms with van der Waals surface area (Å²) in [5.74, 6) is 0.393. The Morgan fingerprint density at radius 1 is 1.44 bits per heavy atom. The molecule has 2 atom stereocenters. The van der Waals surface area contributed by atoms with Crippen LogP contribution in [0.4, 0.5) is 10.1 Å². The fourth-order valence-electron chi connectivity index (χ4n) is 2.54. The van der Waals surface area contributed by atoms with Gasteiger partial charge in [-0.15, -0.1) is 0 Å². The highest BCUT2D eigenvalue weighted by Crippen LogP contribution is 2.33. The van der Waals surface area contributed by atoms with Crippen molar-refractivity contribution in [1.29, 1.82) is 0 Å². The van der Waals surface area contributed by atoms with Crippen LogP contribution in [0.2, 0.25) is 5.02 Å². The van der Waals surface area contributed by atoms with Gasteiger partial charge >= 0.3 is 0 Å². The van der Waals surface area contributed by atoms with Crippen molar-refractivity contribution in [2.75, 3.05) is 5.32 Å². The molecule has 1 saturated carbocycles. The van der Waals surface area contributed by atoms with E-state index in [0.717, 1.165) is 12.8 Å². The number of hydrogen-bond acceptors (Lipinski definition) is 1. The predicted molar refractivity (Wildman–Crippen MR) is 66.5 cm³/mol. The third-order valence-electron chi connectivity index (χ3n) is 3.48. The molecule has 0 bridgehead atoms. The summed E-state index contributed by atoms with van der Waals surface area (Å²) in [4.78, 5) is 0. The monoisotopic (exact) mass is 241 g/mol. The van der Waals surface area contributed by atoms with Crippen LogP contribution < -0.4 is 5.32 Å². The van der Waals surface area contributed by atoms with Gasteiger partial charge in [0.25, 0.3) is 0 Å². The highest BCUT2D eigenvalue weighted by atomic mass is 35.5. The Bertz CT molecular complexity index is 347. The van der Waals surface area contributed by atoms with Gasteiger partial charge in [0.2, 0.25) is 0 Å². The molecule has 0 aliphatic heterocycles. The maximum atomic E-state index is 13.6. The summed E-state index contributed by atoms with van der Waals surface area (Å²) in [6.45, 7) is 2.19. The molecule has 2 unspecified atom stereocenters. The Morgan fingerprint density at radius 2 is 2.25 bits per heavy atom. The van der Waals surface area contributed by atoms with Gasteiger partial charge in [-0.05, 0) is 30.9 Å². The van der Waals surface area contributed by atoms with E-state index in [-0.39, 0.29) is 5.82 Å². The molecule has 1 aliphatic carbocycles. The second kappa shape index (κ2) is 5.05. The van der Waals surface area contributed by atoms with Crippen LogP contribution in [0, 0.1) is 11.7 Å². The summed E-state index contributed by atoms with van der Waals surface area (Å²) in [6.07, 6.45) is 4.72. The van der Waals surface area contributed by atoms with E-state index in [1.54, 1.807) is 12.1 Å². The lowest BCUT2D eigenvalue weighted by Crippen LogP contribution is -2.24. The molecule has 3 heteroatoms. The van der Waals surface area contributed by atoms with Crippen LogP contribution in [-0.4, -0.2) is 6.04 Å². The summed E-state index contributed by atoms with van der Waals surface area (Å²) in [5.41, 5.74) is 0.467. The molecule has 88 valence electrons. The molecule has 16 heavy (non-hydrogen) atoms. The minimum Gasteiger partial charge on any atom is -0.378 e. The Morgan fingerprint density at radius 3 is 2.94 bits per heavy atom. The SMILES string of the molecule is CCC1CCCC1Nc1c(F)cccc1Cl. The van der Waals surface area contributed by atoms with Crippen molar-refractivity contribution >= 4 is 17.3 Å². The van der Waals surface area contributed by atoms with Crippen molar-refractivity contribution in [3.63, 3.8) is 0 Å². The second-order valence-corrected chi connectivity index (χ2v) is 4.85. The Labute approximate surface area is 101 Å². The number of nitrogens with one attached hydrogen (secondary N) is 1. The number of para-hydroxylation sites is 1. The standard InChI is InChI=1S/C13H17ClFN/c1-2-9-5-3-8-12(9)16-13-10(14)6-4-7-11(13)15/h4,6-7,9,12,16H,2-3,5,8H2,1H3. The molecule has 0 radical (unpaired) electrons. The molecular formula is C13H17ClFN. The molecule has 0 spiro atoms. The van der Waals surface area contributed by atoms with Crippen LogP contribution in [0.15, 0.2) is 18.2 Å². The summed E-state index contributed by atoms with van der Waals surface area (Å²) >= 11 is 6.00. The zero-order chi connectivity index (χ0) is 11.5. The molecule has 0 amide bonds. The van der Waals surface area contributed by atoms with E-state index < -0.39 is 0 Å². The van der Waals surface area contributed by atoms with Gasteiger partial charge in [-0.2, -0.15) is 0 Å². The molecule has 2 rings (SSSR count). The van der Waals surface area contributed by atoms with E-state index in [9.17, 15) is 4.39 Å². The van der Waals surface area contributed by atoms with Crippen molar-refractivity contribution < 1.29 is 4.39 Å². The van der Waals surface area contributed by atoms with Crippen molar-refractivity contribution in [2.45, 2.75) is 38.6 Å². The topological polar surface area (TPSA) is 12.0 Å². The Hall–Kier alpha value is -0.760. The minimum absolute atomic E-state index is 0.255. The molecule has 1 nitrogen and oxygen atoms in total. The van der Waals surface area contributed by atoms with Crippen LogP contribution in [0.1, 0.15) is 32.6 Å². The summed E-state index contributed by atoms with van der Waals surface area (Å²) in [7, 11) is 0. The number of benzene rings is 1. The van der Waals surface area contributed by atoms with Crippen molar-refractivity contribution in [1.82, 2.24) is 0 Å². The van der Waals surface area contributed by atoms with Crippen molar-refractivity contribution in [2.24, 2.45) is 5.92 Å². The smallest absolute Gasteiger partial charge is 0.147 e. The summed E-state index contributed by atoms with van der Waals surface area (Å²) in [6, 6.07) is 5.18. The largest absolute Gasteiger partial charge is 0.378 e. The summed E-state index contributed by atoms with van der Waals surface area (Å²) < 4.78 is 13.6. The van der Waals surface area contributed by atoms with E-state index >= 15 is 0 Å².